The highest BCUT2D eigenvalue weighted by Gasteiger charge is 2.23. The largest absolute Gasteiger partial charge is 0.378 e. The number of aryl methyl sites for hydroxylation is 2. The summed E-state index contributed by atoms with van der Waals surface area (Å²) in [4.78, 5) is 44.4. The van der Waals surface area contributed by atoms with Crippen LogP contribution in [0.5, 0.6) is 0 Å². The van der Waals surface area contributed by atoms with E-state index in [1.54, 1.807) is 22.9 Å². The molecule has 37 heavy (non-hydrogen) atoms. The molecule has 2 fully saturated rings. The minimum atomic E-state index is -0.338. The molecule has 11 heteroatoms. The Morgan fingerprint density at radius 3 is 2.46 bits per heavy atom. The highest BCUT2D eigenvalue weighted by atomic mass is 16.5. The van der Waals surface area contributed by atoms with Crippen LogP contribution in [0.2, 0.25) is 0 Å². The fourth-order valence-corrected chi connectivity index (χ4v) is 4.57. The van der Waals surface area contributed by atoms with E-state index in [1.807, 2.05) is 30.0 Å². The van der Waals surface area contributed by atoms with Crippen LogP contribution in [0.15, 0.2) is 24.3 Å². The Labute approximate surface area is 215 Å². The van der Waals surface area contributed by atoms with E-state index in [2.05, 4.69) is 22.2 Å². The van der Waals surface area contributed by atoms with Crippen molar-refractivity contribution in [1.29, 1.82) is 0 Å². The van der Waals surface area contributed by atoms with E-state index in [-0.39, 0.29) is 24.1 Å². The Morgan fingerprint density at radius 1 is 1.03 bits per heavy atom. The van der Waals surface area contributed by atoms with Crippen LogP contribution >= 0.6 is 0 Å². The summed E-state index contributed by atoms with van der Waals surface area (Å²) < 4.78 is 10.8. The molecule has 0 saturated carbocycles. The van der Waals surface area contributed by atoms with Crippen molar-refractivity contribution in [2.24, 2.45) is 0 Å². The topological polar surface area (TPSA) is 116 Å². The summed E-state index contributed by atoms with van der Waals surface area (Å²) in [6.45, 7) is 8.86. The number of morpholine rings is 2. The highest BCUT2D eigenvalue weighted by molar-refractivity contribution is 6.04. The fraction of sp³-hybridized carbons (Fsp3) is 0.462. The van der Waals surface area contributed by atoms with Crippen LogP contribution in [0.25, 0.3) is 10.9 Å². The van der Waals surface area contributed by atoms with Gasteiger partial charge in [0.2, 0.25) is 11.9 Å². The number of H-pyrrole nitrogens is 1. The van der Waals surface area contributed by atoms with Gasteiger partial charge in [-0.1, -0.05) is 0 Å². The molecule has 0 aliphatic carbocycles. The van der Waals surface area contributed by atoms with Crippen LogP contribution in [0.3, 0.4) is 0 Å². The number of anilines is 3. The van der Waals surface area contributed by atoms with Crippen molar-refractivity contribution in [3.05, 3.63) is 41.2 Å². The Morgan fingerprint density at radius 2 is 1.73 bits per heavy atom. The molecule has 0 atom stereocenters. The Balaban J connectivity index is 1.40. The van der Waals surface area contributed by atoms with Crippen LogP contribution in [0.4, 0.5) is 17.5 Å². The third kappa shape index (κ3) is 5.52. The lowest BCUT2D eigenvalue weighted by Crippen LogP contribution is -2.45. The van der Waals surface area contributed by atoms with Gasteiger partial charge >= 0.3 is 0 Å². The van der Waals surface area contributed by atoms with Gasteiger partial charge in [-0.25, -0.2) is 4.98 Å². The molecule has 2 amide bonds. The minimum Gasteiger partial charge on any atom is -0.378 e. The summed E-state index contributed by atoms with van der Waals surface area (Å²) >= 11 is 0. The van der Waals surface area contributed by atoms with Crippen LogP contribution < -0.4 is 15.1 Å². The number of fused-ring (bicyclic) bond motifs is 1. The van der Waals surface area contributed by atoms with Gasteiger partial charge in [-0.2, -0.15) is 4.98 Å². The maximum atomic E-state index is 13.4. The number of rotatable bonds is 6. The number of nitrogens with zero attached hydrogens (tertiary/aromatic N) is 5. The number of benzene rings is 1. The molecule has 1 aromatic carbocycles. The molecule has 2 aromatic heterocycles. The number of aromatic amines is 1. The summed E-state index contributed by atoms with van der Waals surface area (Å²) in [7, 11) is 1.80. The lowest BCUT2D eigenvalue weighted by Gasteiger charge is -2.30. The van der Waals surface area contributed by atoms with E-state index in [0.29, 0.717) is 70.1 Å². The van der Waals surface area contributed by atoms with Crippen LogP contribution in [0.1, 0.15) is 21.7 Å². The van der Waals surface area contributed by atoms with Crippen molar-refractivity contribution in [3.8, 4) is 0 Å². The summed E-state index contributed by atoms with van der Waals surface area (Å²) in [5, 5.41) is 4.05. The van der Waals surface area contributed by atoms with E-state index in [9.17, 15) is 9.59 Å². The first-order chi connectivity index (χ1) is 17.9. The van der Waals surface area contributed by atoms with Gasteiger partial charge in [0.05, 0.1) is 33.0 Å². The number of hydrogen-bond acceptors (Lipinski definition) is 8. The number of hydrogen-bond donors (Lipinski definition) is 2. The van der Waals surface area contributed by atoms with Gasteiger partial charge < -0.3 is 34.5 Å². The molecule has 2 saturated heterocycles. The zero-order valence-corrected chi connectivity index (χ0v) is 21.5. The van der Waals surface area contributed by atoms with E-state index in [0.717, 1.165) is 22.2 Å². The minimum absolute atomic E-state index is 0.00574. The van der Waals surface area contributed by atoms with Gasteiger partial charge in [0.25, 0.3) is 5.91 Å². The molecule has 0 bridgehead atoms. The summed E-state index contributed by atoms with van der Waals surface area (Å²) in [6.07, 6.45) is 0. The van der Waals surface area contributed by atoms with E-state index < -0.39 is 0 Å². The lowest BCUT2D eigenvalue weighted by molar-refractivity contribution is -0.133. The number of likely N-dealkylation sites (N-methyl/N-ethyl adjacent to an activating group) is 1. The Bertz CT molecular complexity index is 1300. The molecular formula is C26H33N7O4. The second kappa shape index (κ2) is 10.7. The smallest absolute Gasteiger partial charge is 0.274 e. The van der Waals surface area contributed by atoms with E-state index in [1.165, 1.54) is 0 Å². The third-order valence-corrected chi connectivity index (χ3v) is 6.92. The predicted molar refractivity (Wildman–Crippen MR) is 141 cm³/mol. The lowest BCUT2D eigenvalue weighted by atomic mass is 10.1. The standard InChI is InChI=1S/C26H33N7O4/c1-17-18(2)27-21-5-4-19(14-20(17)21)28-25(35)22-15-23(30-26(29-22)33-8-12-37-13-9-33)31(3)16-24(34)32-6-10-36-11-7-32/h4-5,14-15,27H,6-13,16H2,1-3H3,(H,28,35). The normalized spacial score (nSPS) is 16.2. The number of ether oxygens (including phenoxy) is 2. The molecule has 0 unspecified atom stereocenters. The van der Waals surface area contributed by atoms with Gasteiger partial charge in [-0.15, -0.1) is 0 Å². The van der Waals surface area contributed by atoms with Gasteiger partial charge in [0.1, 0.15) is 11.5 Å². The number of carbonyl (C=O) groups is 2. The van der Waals surface area contributed by atoms with Crippen LogP contribution in [-0.2, 0) is 14.3 Å². The first kappa shape index (κ1) is 25.0. The van der Waals surface area contributed by atoms with Crippen molar-refractivity contribution >= 4 is 40.2 Å². The number of carbonyl (C=O) groups excluding carboxylic acids is 2. The maximum Gasteiger partial charge on any atom is 0.274 e. The van der Waals surface area contributed by atoms with Crippen LogP contribution in [-0.4, -0.2) is 97.9 Å². The fourth-order valence-electron chi connectivity index (χ4n) is 4.57. The second-order valence-corrected chi connectivity index (χ2v) is 9.45. The molecular weight excluding hydrogens is 474 g/mol. The number of aromatic nitrogens is 3. The van der Waals surface area contributed by atoms with Crippen molar-refractivity contribution in [2.45, 2.75) is 13.8 Å². The highest BCUT2D eigenvalue weighted by Crippen LogP contribution is 2.25. The third-order valence-electron chi connectivity index (χ3n) is 6.92. The number of amides is 2. The summed E-state index contributed by atoms with van der Waals surface area (Å²) in [5.74, 6) is 0.615. The van der Waals surface area contributed by atoms with E-state index >= 15 is 0 Å². The van der Waals surface area contributed by atoms with Crippen molar-refractivity contribution < 1.29 is 19.1 Å². The molecule has 0 radical (unpaired) electrons. The van der Waals surface area contributed by atoms with Crippen molar-refractivity contribution in [2.75, 3.05) is 81.3 Å². The van der Waals surface area contributed by atoms with E-state index in [4.69, 9.17) is 14.5 Å². The maximum absolute atomic E-state index is 13.4. The first-order valence-corrected chi connectivity index (χ1v) is 12.6. The predicted octanol–water partition coefficient (Wildman–Crippen LogP) is 1.96. The molecule has 3 aromatic rings. The zero-order valence-electron chi connectivity index (χ0n) is 21.5. The molecule has 2 N–H and O–H groups in total. The first-order valence-electron chi connectivity index (χ1n) is 12.6. The van der Waals surface area contributed by atoms with Crippen LogP contribution in [0, 0.1) is 13.8 Å². The average Bonchev–Trinajstić information content (AvgIpc) is 3.21. The zero-order chi connectivity index (χ0) is 25.9. The SMILES string of the molecule is Cc1[nH]c2ccc(NC(=O)c3cc(N(C)CC(=O)N4CCOCC4)nc(N4CCOCC4)n3)cc2c1C. The Kier molecular flexibility index (Phi) is 7.24. The van der Waals surface area contributed by atoms with Crippen molar-refractivity contribution in [3.63, 3.8) is 0 Å². The molecule has 0 spiro atoms. The molecule has 11 nitrogen and oxygen atoms in total. The molecule has 2 aliphatic rings. The average molecular weight is 508 g/mol. The second-order valence-electron chi connectivity index (χ2n) is 9.45. The summed E-state index contributed by atoms with van der Waals surface area (Å²) in [6, 6.07) is 7.43. The van der Waals surface area contributed by atoms with Gasteiger partial charge in [0.15, 0.2) is 0 Å². The van der Waals surface area contributed by atoms with Crippen molar-refractivity contribution in [1.82, 2.24) is 19.9 Å². The monoisotopic (exact) mass is 507 g/mol. The van der Waals surface area contributed by atoms with Gasteiger partial charge in [-0.3, -0.25) is 9.59 Å². The van der Waals surface area contributed by atoms with Gasteiger partial charge in [-0.05, 0) is 37.6 Å². The molecule has 5 rings (SSSR count). The number of nitrogens with one attached hydrogen (secondary N) is 2. The molecule has 2 aliphatic heterocycles. The quantitative estimate of drug-likeness (QED) is 0.520. The molecule has 4 heterocycles. The molecule has 196 valence electrons. The Hall–Kier alpha value is -3.70. The van der Waals surface area contributed by atoms with Gasteiger partial charge in [0, 0.05) is 61.6 Å². The summed E-state index contributed by atoms with van der Waals surface area (Å²) in [5.41, 5.74) is 4.20.